The van der Waals surface area contributed by atoms with Crippen molar-refractivity contribution in [2.75, 3.05) is 13.2 Å². The van der Waals surface area contributed by atoms with Gasteiger partial charge in [-0.2, -0.15) is 0 Å². The van der Waals surface area contributed by atoms with E-state index in [1.54, 1.807) is 0 Å². The maximum Gasteiger partial charge on any atom is 0.0599 e. The molecule has 2 unspecified atom stereocenters. The summed E-state index contributed by atoms with van der Waals surface area (Å²) in [5.41, 5.74) is 15.4. The molecule has 0 aromatic rings. The molecule has 0 radical (unpaired) electrons. The number of rotatable bonds is 5. The van der Waals surface area contributed by atoms with Crippen LogP contribution < -0.4 is 16.9 Å². The summed E-state index contributed by atoms with van der Waals surface area (Å²) in [6.07, 6.45) is 11.8. The summed E-state index contributed by atoms with van der Waals surface area (Å²) in [6.45, 7) is 1.47. The van der Waals surface area contributed by atoms with E-state index in [4.69, 9.17) is 11.5 Å². The van der Waals surface area contributed by atoms with Crippen LogP contribution in [-0.2, 0) is 0 Å². The lowest BCUT2D eigenvalue weighted by atomic mass is 9.86. The van der Waals surface area contributed by atoms with Crippen LogP contribution in [0.3, 0.4) is 0 Å². The minimum Gasteiger partial charge on any atom is -0.330 e. The highest BCUT2D eigenvalue weighted by Crippen LogP contribution is 2.25. The molecule has 0 spiro atoms. The standard InChI is InChI=1S/C14H30N4/c15-10-12-5-4-6-13(9-12)17-18(11-16)14-7-2-1-3-8-14/h12-14,17H,1-11,15-16H2. The quantitative estimate of drug-likeness (QED) is 0.514. The molecule has 2 rings (SSSR count). The maximum absolute atomic E-state index is 5.93. The minimum atomic E-state index is 0.595. The van der Waals surface area contributed by atoms with Crippen LogP contribution in [0.4, 0.5) is 0 Å². The van der Waals surface area contributed by atoms with Crippen molar-refractivity contribution in [2.24, 2.45) is 17.4 Å². The van der Waals surface area contributed by atoms with Crippen LogP contribution in [0.5, 0.6) is 0 Å². The lowest BCUT2D eigenvalue weighted by Crippen LogP contribution is -2.54. The number of nitrogens with one attached hydrogen (secondary N) is 1. The molecule has 2 atom stereocenters. The molecule has 5 N–H and O–H groups in total. The van der Waals surface area contributed by atoms with Gasteiger partial charge >= 0.3 is 0 Å². The van der Waals surface area contributed by atoms with Gasteiger partial charge in [0.15, 0.2) is 0 Å². The second-order valence-electron chi connectivity index (χ2n) is 6.04. The topological polar surface area (TPSA) is 67.3 Å². The second-order valence-corrected chi connectivity index (χ2v) is 6.04. The number of hydrazine groups is 1. The van der Waals surface area contributed by atoms with Crippen molar-refractivity contribution < 1.29 is 0 Å². The lowest BCUT2D eigenvalue weighted by Gasteiger charge is -2.38. The van der Waals surface area contributed by atoms with Crippen LogP contribution in [-0.4, -0.2) is 30.3 Å². The Morgan fingerprint density at radius 2 is 1.72 bits per heavy atom. The van der Waals surface area contributed by atoms with Crippen LogP contribution in [0.1, 0.15) is 57.8 Å². The van der Waals surface area contributed by atoms with E-state index < -0.39 is 0 Å². The fourth-order valence-corrected chi connectivity index (χ4v) is 3.56. The molecule has 0 heterocycles. The van der Waals surface area contributed by atoms with Crippen LogP contribution in [0.25, 0.3) is 0 Å². The normalized spacial score (nSPS) is 30.8. The van der Waals surface area contributed by atoms with Crippen molar-refractivity contribution in [3.63, 3.8) is 0 Å². The van der Waals surface area contributed by atoms with Gasteiger partial charge in [0.25, 0.3) is 0 Å². The SMILES string of the molecule is NCC1CCCC(NN(CN)C2CCCCC2)C1. The number of hydrogen-bond acceptors (Lipinski definition) is 4. The summed E-state index contributed by atoms with van der Waals surface area (Å²) < 4.78 is 0. The Balaban J connectivity index is 1.81. The number of nitrogens with zero attached hydrogens (tertiary/aromatic N) is 1. The predicted octanol–water partition coefficient (Wildman–Crippen LogP) is 1.56. The Morgan fingerprint density at radius 1 is 0.944 bits per heavy atom. The molecule has 2 fully saturated rings. The molecule has 0 bridgehead atoms. The van der Waals surface area contributed by atoms with Gasteiger partial charge in [0.1, 0.15) is 0 Å². The van der Waals surface area contributed by atoms with Gasteiger partial charge in [-0.05, 0) is 44.6 Å². The van der Waals surface area contributed by atoms with E-state index in [0.717, 1.165) is 6.54 Å². The van der Waals surface area contributed by atoms with E-state index in [9.17, 15) is 0 Å². The Bertz CT molecular complexity index is 228. The van der Waals surface area contributed by atoms with Gasteiger partial charge in [-0.3, -0.25) is 5.43 Å². The van der Waals surface area contributed by atoms with Crippen molar-refractivity contribution in [2.45, 2.75) is 69.9 Å². The van der Waals surface area contributed by atoms with Gasteiger partial charge < -0.3 is 11.5 Å². The zero-order chi connectivity index (χ0) is 12.8. The first-order chi connectivity index (χ1) is 8.83. The van der Waals surface area contributed by atoms with E-state index in [1.165, 1.54) is 57.8 Å². The summed E-state index contributed by atoms with van der Waals surface area (Å²) in [6, 6.07) is 1.25. The van der Waals surface area contributed by atoms with E-state index in [1.807, 2.05) is 0 Å². The van der Waals surface area contributed by atoms with Gasteiger partial charge in [0, 0.05) is 12.1 Å². The third kappa shape index (κ3) is 3.92. The van der Waals surface area contributed by atoms with E-state index in [-0.39, 0.29) is 0 Å². The molecule has 0 aromatic heterocycles. The molecule has 0 aliphatic heterocycles. The molecule has 4 nitrogen and oxygen atoms in total. The smallest absolute Gasteiger partial charge is 0.0599 e. The highest BCUT2D eigenvalue weighted by Gasteiger charge is 2.26. The summed E-state index contributed by atoms with van der Waals surface area (Å²) in [5.74, 6) is 0.710. The van der Waals surface area contributed by atoms with Crippen LogP contribution in [0, 0.1) is 5.92 Å². The van der Waals surface area contributed by atoms with E-state index in [0.29, 0.717) is 24.7 Å². The highest BCUT2D eigenvalue weighted by atomic mass is 15.5. The van der Waals surface area contributed by atoms with Crippen LogP contribution in [0.15, 0.2) is 0 Å². The fourth-order valence-electron chi connectivity index (χ4n) is 3.56. The molecule has 0 amide bonds. The molecule has 2 aliphatic rings. The number of nitrogens with two attached hydrogens (primary N) is 2. The molecule has 2 saturated carbocycles. The van der Waals surface area contributed by atoms with Gasteiger partial charge in [-0.25, -0.2) is 5.01 Å². The highest BCUT2D eigenvalue weighted by molar-refractivity contribution is 4.80. The Kier molecular flexibility index (Phi) is 5.89. The summed E-state index contributed by atoms with van der Waals surface area (Å²) >= 11 is 0. The molecule has 2 aliphatic carbocycles. The summed E-state index contributed by atoms with van der Waals surface area (Å²) in [7, 11) is 0. The van der Waals surface area contributed by atoms with Gasteiger partial charge in [-0.15, -0.1) is 0 Å². The Morgan fingerprint density at radius 3 is 2.39 bits per heavy atom. The van der Waals surface area contributed by atoms with E-state index >= 15 is 0 Å². The lowest BCUT2D eigenvalue weighted by molar-refractivity contribution is 0.0626. The molecular formula is C14H30N4. The molecule has 0 aromatic carbocycles. The maximum atomic E-state index is 5.93. The van der Waals surface area contributed by atoms with Gasteiger partial charge in [-0.1, -0.05) is 25.7 Å². The van der Waals surface area contributed by atoms with Crippen molar-refractivity contribution in [1.82, 2.24) is 10.4 Å². The van der Waals surface area contributed by atoms with Crippen LogP contribution in [0.2, 0.25) is 0 Å². The zero-order valence-electron chi connectivity index (χ0n) is 11.6. The molecule has 18 heavy (non-hydrogen) atoms. The molecule has 4 heteroatoms. The van der Waals surface area contributed by atoms with Crippen molar-refractivity contribution in [1.29, 1.82) is 0 Å². The summed E-state index contributed by atoms with van der Waals surface area (Å²) in [5, 5.41) is 2.31. The predicted molar refractivity (Wildman–Crippen MR) is 75.7 cm³/mol. The molecular weight excluding hydrogens is 224 g/mol. The minimum absolute atomic E-state index is 0.595. The van der Waals surface area contributed by atoms with Crippen molar-refractivity contribution >= 4 is 0 Å². The second kappa shape index (κ2) is 7.43. The molecule has 0 saturated heterocycles. The third-order valence-corrected chi connectivity index (χ3v) is 4.68. The summed E-state index contributed by atoms with van der Waals surface area (Å²) in [4.78, 5) is 0. The average molecular weight is 254 g/mol. The largest absolute Gasteiger partial charge is 0.330 e. The zero-order valence-corrected chi connectivity index (χ0v) is 11.6. The first-order valence-electron chi connectivity index (χ1n) is 7.76. The van der Waals surface area contributed by atoms with Crippen LogP contribution >= 0.6 is 0 Å². The third-order valence-electron chi connectivity index (χ3n) is 4.68. The Hall–Kier alpha value is -0.160. The first-order valence-corrected chi connectivity index (χ1v) is 7.76. The number of hydrogen-bond donors (Lipinski definition) is 3. The molecule has 106 valence electrons. The monoisotopic (exact) mass is 254 g/mol. The average Bonchev–Trinajstić information content (AvgIpc) is 2.46. The van der Waals surface area contributed by atoms with Gasteiger partial charge in [0.2, 0.25) is 0 Å². The van der Waals surface area contributed by atoms with Crippen molar-refractivity contribution in [3.8, 4) is 0 Å². The van der Waals surface area contributed by atoms with E-state index in [2.05, 4.69) is 10.4 Å². The first kappa shape index (κ1) is 14.3. The Labute approximate surface area is 111 Å². The fraction of sp³-hybridized carbons (Fsp3) is 1.00. The van der Waals surface area contributed by atoms with Gasteiger partial charge in [0.05, 0.1) is 6.67 Å². The van der Waals surface area contributed by atoms with Crippen molar-refractivity contribution in [3.05, 3.63) is 0 Å².